The molecule has 0 saturated carbocycles. The average molecular weight is 457 g/mol. The number of para-hydroxylation sites is 1. The van der Waals surface area contributed by atoms with Crippen LogP contribution in [-0.2, 0) is 0 Å². The molecule has 0 radical (unpaired) electrons. The maximum atomic E-state index is 12.7. The van der Waals surface area contributed by atoms with Gasteiger partial charge in [-0.15, -0.1) is 0 Å². The van der Waals surface area contributed by atoms with E-state index in [2.05, 4.69) is 72.7 Å². The van der Waals surface area contributed by atoms with Crippen LogP contribution in [0, 0.1) is 13.8 Å². The summed E-state index contributed by atoms with van der Waals surface area (Å²) in [6.07, 6.45) is 1.63. The van der Waals surface area contributed by atoms with Crippen molar-refractivity contribution in [3.05, 3.63) is 108 Å². The molecule has 1 aromatic heterocycles. The molecule has 4 rings (SSSR count). The zero-order valence-electron chi connectivity index (χ0n) is 16.9. The van der Waals surface area contributed by atoms with Gasteiger partial charge in [0.1, 0.15) is 0 Å². The molecule has 0 aliphatic heterocycles. The van der Waals surface area contributed by atoms with Crippen LogP contribution in [0.5, 0.6) is 0 Å². The molecule has 0 unspecified atom stereocenters. The molecule has 0 spiro atoms. The van der Waals surface area contributed by atoms with E-state index in [9.17, 15) is 4.79 Å². The van der Waals surface area contributed by atoms with E-state index in [1.807, 2.05) is 24.3 Å². The van der Waals surface area contributed by atoms with Crippen molar-refractivity contribution in [3.63, 3.8) is 0 Å². The summed E-state index contributed by atoms with van der Waals surface area (Å²) in [5.74, 6) is -0.207. The van der Waals surface area contributed by atoms with Gasteiger partial charge in [-0.25, -0.2) is 0 Å². The van der Waals surface area contributed by atoms with Crippen LogP contribution in [0.25, 0.3) is 11.1 Å². The summed E-state index contributed by atoms with van der Waals surface area (Å²) in [5.41, 5.74) is 5.88. The number of nitrogens with one attached hydrogen (secondary N) is 1. The Hall–Kier alpha value is -3.20. The first kappa shape index (κ1) is 20.1. The van der Waals surface area contributed by atoms with Gasteiger partial charge in [-0.3, -0.25) is 0 Å². The summed E-state index contributed by atoms with van der Waals surface area (Å²) in [6, 6.07) is 28.4. The molecule has 1 amide bonds. The van der Waals surface area contributed by atoms with Crippen molar-refractivity contribution in [2.75, 3.05) is 5.32 Å². The van der Waals surface area contributed by atoms with Gasteiger partial charge in [-0.2, -0.15) is 0 Å². The second-order valence-electron chi connectivity index (χ2n) is 7.08. The third kappa shape index (κ3) is 4.51. The van der Waals surface area contributed by atoms with Crippen molar-refractivity contribution in [2.24, 2.45) is 0 Å². The third-order valence-corrected chi connectivity index (χ3v) is 7.44. The molecule has 0 fully saturated rings. The van der Waals surface area contributed by atoms with Gasteiger partial charge in [0, 0.05) is 0 Å². The number of amides is 1. The van der Waals surface area contributed by atoms with Gasteiger partial charge in [0.05, 0.1) is 0 Å². The first-order chi connectivity index (χ1) is 14.6. The van der Waals surface area contributed by atoms with E-state index >= 15 is 0 Å². The number of carbonyl (C=O) groups is 1. The fourth-order valence-electron chi connectivity index (χ4n) is 3.24. The number of nitrogens with zero attached hydrogens (tertiary/aromatic N) is 1. The minimum atomic E-state index is -0.207. The van der Waals surface area contributed by atoms with Gasteiger partial charge in [0.25, 0.3) is 0 Å². The van der Waals surface area contributed by atoms with Gasteiger partial charge in [0.15, 0.2) is 0 Å². The zero-order chi connectivity index (χ0) is 20.9. The van der Waals surface area contributed by atoms with Crippen molar-refractivity contribution < 1.29 is 4.79 Å². The third-order valence-electron chi connectivity index (χ3n) is 4.81. The first-order valence-corrected chi connectivity index (χ1v) is 11.5. The van der Waals surface area contributed by atoms with Crippen LogP contribution >= 0.6 is 0 Å². The van der Waals surface area contributed by atoms with Gasteiger partial charge < -0.3 is 0 Å². The topological polar surface area (TPSA) is 42.0 Å². The number of rotatable bonds is 5. The van der Waals surface area contributed by atoms with Crippen LogP contribution in [0.15, 0.2) is 91.1 Å². The molecule has 4 aromatic rings. The quantitative estimate of drug-likeness (QED) is 0.455. The Morgan fingerprint density at radius 2 is 1.57 bits per heavy atom. The Morgan fingerprint density at radius 1 is 0.800 bits per heavy atom. The zero-order valence-corrected chi connectivity index (χ0v) is 18.6. The molecule has 0 atom stereocenters. The van der Waals surface area contributed by atoms with E-state index in [0.29, 0.717) is 5.69 Å². The Morgan fingerprint density at radius 3 is 2.37 bits per heavy atom. The molecule has 3 nitrogen and oxygen atoms in total. The predicted octanol–water partition coefficient (Wildman–Crippen LogP) is 4.27. The molecule has 0 bridgehead atoms. The van der Waals surface area contributed by atoms with Gasteiger partial charge in [-0.1, -0.05) is 0 Å². The van der Waals surface area contributed by atoms with E-state index in [1.165, 1.54) is 20.1 Å². The van der Waals surface area contributed by atoms with Gasteiger partial charge in [0.2, 0.25) is 0 Å². The molecule has 1 N–H and O–H groups in total. The molecule has 0 aliphatic rings. The van der Waals surface area contributed by atoms with Crippen molar-refractivity contribution >= 4 is 35.5 Å². The van der Waals surface area contributed by atoms with Crippen LogP contribution < -0.4 is 14.2 Å². The number of anilines is 1. The number of hydrogen-bond donors (Lipinski definition) is 1. The van der Waals surface area contributed by atoms with Crippen LogP contribution in [0.4, 0.5) is 5.69 Å². The fourth-order valence-corrected chi connectivity index (χ4v) is 5.40. The molecule has 1 heterocycles. The number of aryl methyl sites for hydroxylation is 2. The molecular formula is C26H22N2OSe. The van der Waals surface area contributed by atoms with Crippen molar-refractivity contribution in [1.82, 2.24) is 4.98 Å². The molecule has 148 valence electrons. The molecular weight excluding hydrogens is 435 g/mol. The molecule has 0 aliphatic carbocycles. The second kappa shape index (κ2) is 9.08. The summed E-state index contributed by atoms with van der Waals surface area (Å²) in [7, 11) is 0. The van der Waals surface area contributed by atoms with E-state index in [0.717, 1.165) is 16.8 Å². The van der Waals surface area contributed by atoms with Crippen LogP contribution in [0.2, 0.25) is 0 Å². The van der Waals surface area contributed by atoms with Crippen molar-refractivity contribution in [2.45, 2.75) is 13.8 Å². The predicted molar refractivity (Wildman–Crippen MR) is 125 cm³/mol. The second-order valence-corrected chi connectivity index (χ2v) is 9.36. The molecule has 0 saturated heterocycles. The van der Waals surface area contributed by atoms with Crippen LogP contribution in [-0.4, -0.2) is 25.8 Å². The number of aromatic nitrogens is 1. The van der Waals surface area contributed by atoms with Crippen molar-refractivity contribution in [1.29, 1.82) is 0 Å². The van der Waals surface area contributed by atoms with Crippen molar-refractivity contribution in [3.8, 4) is 11.1 Å². The van der Waals surface area contributed by atoms with Gasteiger partial charge in [-0.05, 0) is 0 Å². The summed E-state index contributed by atoms with van der Waals surface area (Å²) < 4.78 is 2.66. The fraction of sp³-hybridized carbons (Fsp3) is 0.0769. The van der Waals surface area contributed by atoms with E-state index in [1.54, 1.807) is 18.3 Å². The standard InChI is InChI=1S/C26H22N2OSe/c1-18-14-15-25(30-24-13-6-3-9-19(24)2)21(17-18)20-10-4-5-11-22(20)28-26(29)23-12-7-8-16-27-23/h3-17H,1-2H3,(H,28,29). The van der Waals surface area contributed by atoms with E-state index in [-0.39, 0.29) is 20.9 Å². The molecule has 30 heavy (non-hydrogen) atoms. The number of benzene rings is 3. The van der Waals surface area contributed by atoms with Gasteiger partial charge >= 0.3 is 183 Å². The average Bonchev–Trinajstić information content (AvgIpc) is 2.77. The van der Waals surface area contributed by atoms with E-state index < -0.39 is 0 Å². The Bertz CT molecular complexity index is 1190. The SMILES string of the molecule is Cc1ccc([Se]c2ccccc2C)c(-c2ccccc2NC(=O)c2ccccn2)c1. The number of carbonyl (C=O) groups excluding carboxylic acids is 1. The Kier molecular flexibility index (Phi) is 6.08. The summed E-state index contributed by atoms with van der Waals surface area (Å²) in [5, 5.41) is 3.05. The number of pyridine rings is 1. The minimum absolute atomic E-state index is 0.159. The van der Waals surface area contributed by atoms with E-state index in [4.69, 9.17) is 0 Å². The van der Waals surface area contributed by atoms with Crippen LogP contribution in [0.1, 0.15) is 21.6 Å². The Balaban J connectivity index is 1.73. The van der Waals surface area contributed by atoms with Crippen LogP contribution in [0.3, 0.4) is 0 Å². The maximum absolute atomic E-state index is 12.7. The summed E-state index contributed by atoms with van der Waals surface area (Å²) in [4.78, 5) is 16.9. The summed E-state index contributed by atoms with van der Waals surface area (Å²) in [6.45, 7) is 4.26. The molecule has 3 aromatic carbocycles. The monoisotopic (exact) mass is 458 g/mol. The Labute approximate surface area is 183 Å². The normalized spacial score (nSPS) is 10.6. The summed E-state index contributed by atoms with van der Waals surface area (Å²) >= 11 is 0.159. The molecule has 4 heteroatoms. The first-order valence-electron chi connectivity index (χ1n) is 9.78. The number of hydrogen-bond acceptors (Lipinski definition) is 2.